The molecule has 3 N–H and O–H groups in total. The van der Waals surface area contributed by atoms with E-state index < -0.39 is 0 Å². The maximum absolute atomic E-state index is 13.2. The van der Waals surface area contributed by atoms with E-state index in [0.29, 0.717) is 11.3 Å². The fourth-order valence-corrected chi connectivity index (χ4v) is 2.67. The summed E-state index contributed by atoms with van der Waals surface area (Å²) in [7, 11) is 0. The van der Waals surface area contributed by atoms with Crippen molar-refractivity contribution in [2.45, 2.75) is 51.1 Å². The van der Waals surface area contributed by atoms with E-state index in [1.54, 1.807) is 6.92 Å². The van der Waals surface area contributed by atoms with Crippen LogP contribution in [0.25, 0.3) is 0 Å². The zero-order chi connectivity index (χ0) is 15.2. The molecule has 0 aromatic heterocycles. The Morgan fingerprint density at radius 1 is 1.43 bits per heavy atom. The smallest absolute Gasteiger partial charge is 0.258 e. The monoisotopic (exact) mass is 294 g/mol. The second-order valence-corrected chi connectivity index (χ2v) is 5.66. The molecule has 2 rings (SSSR count). The predicted molar refractivity (Wildman–Crippen MR) is 79.5 cm³/mol. The number of carbonyl (C=O) groups excluding carboxylic acids is 1. The van der Waals surface area contributed by atoms with Gasteiger partial charge in [0, 0.05) is 17.6 Å². The van der Waals surface area contributed by atoms with Gasteiger partial charge in [-0.3, -0.25) is 4.79 Å². The van der Waals surface area contributed by atoms with Crippen molar-refractivity contribution in [1.82, 2.24) is 5.32 Å². The Morgan fingerprint density at radius 3 is 2.81 bits per heavy atom. The summed E-state index contributed by atoms with van der Waals surface area (Å²) in [4.78, 5) is 11.9. The number of ether oxygens (including phenoxy) is 1. The molecule has 1 atom stereocenters. The number of carbonyl (C=O) groups is 1. The molecule has 1 saturated carbocycles. The molecule has 0 aliphatic heterocycles. The van der Waals surface area contributed by atoms with Gasteiger partial charge in [0.25, 0.3) is 5.91 Å². The Bertz CT molecular complexity index is 485. The molecule has 1 aliphatic rings. The molecule has 1 aromatic rings. The van der Waals surface area contributed by atoms with E-state index in [4.69, 9.17) is 10.5 Å². The molecule has 0 heterocycles. The Balaban J connectivity index is 1.88. The van der Waals surface area contributed by atoms with Crippen LogP contribution in [-0.2, 0) is 4.79 Å². The minimum atomic E-state index is -0.360. The first-order valence-corrected chi connectivity index (χ1v) is 7.53. The van der Waals surface area contributed by atoms with E-state index in [1.165, 1.54) is 37.5 Å². The molecule has 1 amide bonds. The lowest BCUT2D eigenvalue weighted by Gasteiger charge is -2.23. The fraction of sp³-hybridized carbons (Fsp3) is 0.562. The second kappa shape index (κ2) is 7.41. The second-order valence-electron chi connectivity index (χ2n) is 5.66. The third-order valence-corrected chi connectivity index (χ3v) is 3.79. The van der Waals surface area contributed by atoms with Gasteiger partial charge in [0.2, 0.25) is 0 Å². The van der Waals surface area contributed by atoms with Crippen molar-refractivity contribution in [3.05, 3.63) is 29.6 Å². The van der Waals surface area contributed by atoms with Crippen LogP contribution < -0.4 is 15.8 Å². The maximum Gasteiger partial charge on any atom is 0.258 e. The van der Waals surface area contributed by atoms with Crippen molar-refractivity contribution in [3.8, 4) is 5.75 Å². The molecule has 0 radical (unpaired) electrons. The maximum atomic E-state index is 13.2. The molecule has 1 aromatic carbocycles. The lowest BCUT2D eigenvalue weighted by molar-refractivity contribution is -0.124. The number of nitrogens with two attached hydrogens (primary N) is 1. The van der Waals surface area contributed by atoms with Crippen LogP contribution in [-0.4, -0.2) is 18.6 Å². The van der Waals surface area contributed by atoms with E-state index >= 15 is 0 Å². The topological polar surface area (TPSA) is 64.3 Å². The molecule has 1 fully saturated rings. The van der Waals surface area contributed by atoms with Crippen molar-refractivity contribution in [3.63, 3.8) is 0 Å². The van der Waals surface area contributed by atoms with Crippen molar-refractivity contribution in [2.24, 2.45) is 5.73 Å². The highest BCUT2D eigenvalue weighted by molar-refractivity contribution is 5.77. The van der Waals surface area contributed by atoms with Crippen LogP contribution >= 0.6 is 0 Å². The molecule has 1 aliphatic carbocycles. The summed E-state index contributed by atoms with van der Waals surface area (Å²) in [5, 5.41) is 2.98. The third kappa shape index (κ3) is 4.70. The SMILES string of the molecule is C[C@@H](N)c1cc(F)ccc1OCC(=O)NC1CCCCC1. The molecule has 116 valence electrons. The number of hydrogen-bond acceptors (Lipinski definition) is 3. The Morgan fingerprint density at radius 2 is 2.14 bits per heavy atom. The summed E-state index contributed by atoms with van der Waals surface area (Å²) in [6.07, 6.45) is 5.65. The van der Waals surface area contributed by atoms with Gasteiger partial charge in [-0.2, -0.15) is 0 Å². The summed E-state index contributed by atoms with van der Waals surface area (Å²) in [5.41, 5.74) is 6.36. The van der Waals surface area contributed by atoms with Crippen molar-refractivity contribution < 1.29 is 13.9 Å². The zero-order valence-electron chi connectivity index (χ0n) is 12.4. The van der Waals surface area contributed by atoms with E-state index in [0.717, 1.165) is 12.8 Å². The van der Waals surface area contributed by atoms with E-state index in [9.17, 15) is 9.18 Å². The summed E-state index contributed by atoms with van der Waals surface area (Å²) in [6, 6.07) is 4.08. The molecular formula is C16H23FN2O2. The average molecular weight is 294 g/mol. The Hall–Kier alpha value is -1.62. The van der Waals surface area contributed by atoms with Gasteiger partial charge in [0.15, 0.2) is 6.61 Å². The van der Waals surface area contributed by atoms with Crippen LogP contribution in [0.3, 0.4) is 0 Å². The Labute approximate surface area is 124 Å². The van der Waals surface area contributed by atoms with Crippen LogP contribution in [0, 0.1) is 5.82 Å². The van der Waals surface area contributed by atoms with Gasteiger partial charge in [0.05, 0.1) is 0 Å². The van der Waals surface area contributed by atoms with Crippen LogP contribution in [0.4, 0.5) is 4.39 Å². The van der Waals surface area contributed by atoms with Crippen LogP contribution in [0.15, 0.2) is 18.2 Å². The number of rotatable bonds is 5. The summed E-state index contributed by atoms with van der Waals surface area (Å²) >= 11 is 0. The van der Waals surface area contributed by atoms with Crippen LogP contribution in [0.5, 0.6) is 5.75 Å². The minimum absolute atomic E-state index is 0.0676. The highest BCUT2D eigenvalue weighted by Gasteiger charge is 2.16. The van der Waals surface area contributed by atoms with E-state index in [2.05, 4.69) is 5.32 Å². The Kier molecular flexibility index (Phi) is 5.56. The number of amides is 1. The highest BCUT2D eigenvalue weighted by atomic mass is 19.1. The van der Waals surface area contributed by atoms with Gasteiger partial charge in [0.1, 0.15) is 11.6 Å². The first-order chi connectivity index (χ1) is 10.1. The summed E-state index contributed by atoms with van der Waals surface area (Å²) in [6.45, 7) is 1.69. The predicted octanol–water partition coefficient (Wildman–Crippen LogP) is 2.67. The first-order valence-electron chi connectivity index (χ1n) is 7.53. The standard InChI is InChI=1S/C16H23FN2O2/c1-11(18)14-9-12(17)7-8-15(14)21-10-16(20)19-13-5-3-2-4-6-13/h7-9,11,13H,2-6,10,18H2,1H3,(H,19,20)/t11-/m1/s1. The van der Waals surface area contributed by atoms with Gasteiger partial charge in [-0.15, -0.1) is 0 Å². The molecule has 0 spiro atoms. The zero-order valence-corrected chi connectivity index (χ0v) is 12.4. The van der Waals surface area contributed by atoms with Gasteiger partial charge in [-0.1, -0.05) is 19.3 Å². The highest BCUT2D eigenvalue weighted by Crippen LogP contribution is 2.24. The molecule has 0 unspecified atom stereocenters. The number of halogens is 1. The third-order valence-electron chi connectivity index (χ3n) is 3.79. The number of hydrogen-bond donors (Lipinski definition) is 2. The van der Waals surface area contributed by atoms with Gasteiger partial charge in [-0.05, 0) is 38.0 Å². The van der Waals surface area contributed by atoms with Gasteiger partial charge in [-0.25, -0.2) is 4.39 Å². The molecule has 5 heteroatoms. The first kappa shape index (κ1) is 15.8. The van der Waals surface area contributed by atoms with E-state index in [1.807, 2.05) is 0 Å². The van der Waals surface area contributed by atoms with Crippen molar-refractivity contribution >= 4 is 5.91 Å². The number of benzene rings is 1. The minimum Gasteiger partial charge on any atom is -0.483 e. The summed E-state index contributed by atoms with van der Waals surface area (Å²) < 4.78 is 18.7. The number of nitrogens with one attached hydrogen (secondary N) is 1. The average Bonchev–Trinajstić information content (AvgIpc) is 2.47. The normalized spacial score (nSPS) is 17.3. The lowest BCUT2D eigenvalue weighted by atomic mass is 9.95. The van der Waals surface area contributed by atoms with Crippen LogP contribution in [0.1, 0.15) is 50.6 Å². The molecular weight excluding hydrogens is 271 g/mol. The van der Waals surface area contributed by atoms with Gasteiger partial charge >= 0.3 is 0 Å². The molecule has 4 nitrogen and oxygen atoms in total. The molecule has 0 bridgehead atoms. The van der Waals surface area contributed by atoms with Crippen LogP contribution in [0.2, 0.25) is 0 Å². The van der Waals surface area contributed by atoms with E-state index in [-0.39, 0.29) is 30.4 Å². The largest absolute Gasteiger partial charge is 0.483 e. The van der Waals surface area contributed by atoms with Crippen molar-refractivity contribution in [2.75, 3.05) is 6.61 Å². The van der Waals surface area contributed by atoms with Crippen molar-refractivity contribution in [1.29, 1.82) is 0 Å². The molecule has 21 heavy (non-hydrogen) atoms. The lowest BCUT2D eigenvalue weighted by Crippen LogP contribution is -2.39. The quantitative estimate of drug-likeness (QED) is 0.877. The van der Waals surface area contributed by atoms with Gasteiger partial charge < -0.3 is 15.8 Å². The fourth-order valence-electron chi connectivity index (χ4n) is 2.67. The summed E-state index contributed by atoms with van der Waals surface area (Å²) in [5.74, 6) is -0.0339. The molecule has 0 saturated heterocycles.